The van der Waals surface area contributed by atoms with E-state index in [1.54, 1.807) is 17.4 Å². The molecule has 2 N–H and O–H groups in total. The zero-order valence-electron chi connectivity index (χ0n) is 20.6. The summed E-state index contributed by atoms with van der Waals surface area (Å²) in [7, 11) is 1.82. The van der Waals surface area contributed by atoms with E-state index in [0.29, 0.717) is 42.1 Å². The lowest BCUT2D eigenvalue weighted by Gasteiger charge is -2.41. The third-order valence-electron chi connectivity index (χ3n) is 6.59. The summed E-state index contributed by atoms with van der Waals surface area (Å²) in [6.07, 6.45) is 2.79. The zero-order chi connectivity index (χ0) is 24.7. The Morgan fingerprint density at radius 2 is 2.06 bits per heavy atom. The molecule has 0 radical (unpaired) electrons. The summed E-state index contributed by atoms with van der Waals surface area (Å²) in [5, 5.41) is 10.6. The summed E-state index contributed by atoms with van der Waals surface area (Å²) >= 11 is 7.65. The fourth-order valence-corrected chi connectivity index (χ4v) is 5.64. The molecule has 1 saturated heterocycles. The lowest BCUT2D eigenvalue weighted by molar-refractivity contribution is -0.134. The number of halogens is 1. The molecule has 9 heteroatoms. The number of pyridine rings is 1. The fraction of sp³-hybridized carbons (Fsp3) is 0.560. The molecule has 2 aromatic rings. The van der Waals surface area contributed by atoms with Crippen molar-refractivity contribution in [3.8, 4) is 0 Å². The van der Waals surface area contributed by atoms with Crippen molar-refractivity contribution in [1.82, 2.24) is 25.4 Å². The number of thiophene rings is 1. The van der Waals surface area contributed by atoms with Crippen molar-refractivity contribution in [3.05, 3.63) is 50.4 Å². The van der Waals surface area contributed by atoms with Gasteiger partial charge in [0, 0.05) is 38.3 Å². The average molecular weight is 506 g/mol. The van der Waals surface area contributed by atoms with E-state index in [2.05, 4.69) is 44.3 Å². The molecule has 0 aromatic carbocycles. The van der Waals surface area contributed by atoms with E-state index in [0.717, 1.165) is 37.9 Å². The standard InChI is InChI=1S/C25H36ClN5O2S/c1-17-13-22(26)29-19(3)24(17)25(33)28-9-5-18(2)30-10-6-21(7-11-30)31(23(32)14-27-4)15-20-8-12-34-16-20/h8,12-13,16,18,21,27H,5-7,9-11,14-15H2,1-4H3,(H,28,33)/t18-/m1/s1. The Hall–Kier alpha value is -2.00. The normalized spacial score (nSPS) is 15.8. The molecule has 0 aliphatic carbocycles. The number of amides is 2. The number of carbonyl (C=O) groups excluding carboxylic acids is 2. The van der Waals surface area contributed by atoms with Crippen molar-refractivity contribution in [2.75, 3.05) is 33.2 Å². The largest absolute Gasteiger partial charge is 0.352 e. The first-order chi connectivity index (χ1) is 16.3. The van der Waals surface area contributed by atoms with Crippen LogP contribution in [0.4, 0.5) is 0 Å². The first-order valence-electron chi connectivity index (χ1n) is 11.9. The van der Waals surface area contributed by atoms with Crippen LogP contribution in [0.1, 0.15) is 53.4 Å². The molecule has 0 unspecified atom stereocenters. The molecular weight excluding hydrogens is 470 g/mol. The van der Waals surface area contributed by atoms with Gasteiger partial charge in [-0.2, -0.15) is 11.3 Å². The van der Waals surface area contributed by atoms with E-state index < -0.39 is 0 Å². The van der Waals surface area contributed by atoms with E-state index in [1.165, 1.54) is 5.56 Å². The van der Waals surface area contributed by atoms with Crippen LogP contribution in [0.25, 0.3) is 0 Å². The van der Waals surface area contributed by atoms with E-state index in [4.69, 9.17) is 11.6 Å². The molecule has 0 saturated carbocycles. The molecule has 2 amide bonds. The van der Waals surface area contributed by atoms with Crippen LogP contribution in [0.5, 0.6) is 0 Å². The number of nitrogens with zero attached hydrogens (tertiary/aromatic N) is 3. The average Bonchev–Trinajstić information content (AvgIpc) is 3.30. The number of aryl methyl sites for hydroxylation is 2. The Kier molecular flexibility index (Phi) is 9.88. The van der Waals surface area contributed by atoms with E-state index in [-0.39, 0.29) is 17.9 Å². The lowest BCUT2D eigenvalue weighted by atomic mass is 10.00. The number of hydrogen-bond acceptors (Lipinski definition) is 6. The molecule has 1 fully saturated rings. The highest BCUT2D eigenvalue weighted by Crippen LogP contribution is 2.22. The predicted octanol–water partition coefficient (Wildman–Crippen LogP) is 3.63. The first kappa shape index (κ1) is 26.6. The number of carbonyl (C=O) groups is 2. The first-order valence-corrected chi connectivity index (χ1v) is 13.2. The molecular formula is C25H36ClN5O2S. The highest BCUT2D eigenvalue weighted by molar-refractivity contribution is 7.07. The summed E-state index contributed by atoms with van der Waals surface area (Å²) in [6, 6.07) is 4.43. The molecule has 1 atom stereocenters. The molecule has 0 spiro atoms. The van der Waals surface area contributed by atoms with Crippen LogP contribution < -0.4 is 10.6 Å². The third-order valence-corrected chi connectivity index (χ3v) is 7.51. The van der Waals surface area contributed by atoms with Gasteiger partial charge < -0.3 is 20.4 Å². The summed E-state index contributed by atoms with van der Waals surface area (Å²) in [6.45, 7) is 9.44. The maximum Gasteiger partial charge on any atom is 0.253 e. The van der Waals surface area contributed by atoms with Crippen LogP contribution >= 0.6 is 22.9 Å². The van der Waals surface area contributed by atoms with Crippen LogP contribution in [0, 0.1) is 13.8 Å². The third kappa shape index (κ3) is 7.01. The maximum atomic E-state index is 12.8. The van der Waals surface area contributed by atoms with Gasteiger partial charge in [-0.25, -0.2) is 4.98 Å². The van der Waals surface area contributed by atoms with Gasteiger partial charge in [0.15, 0.2) is 0 Å². The Bertz CT molecular complexity index is 937. The lowest BCUT2D eigenvalue weighted by Crippen LogP contribution is -2.50. The Labute approximate surface area is 211 Å². The number of piperidine rings is 1. The summed E-state index contributed by atoms with van der Waals surface area (Å²) < 4.78 is 0. The smallest absolute Gasteiger partial charge is 0.253 e. The number of rotatable bonds is 10. The van der Waals surface area contributed by atoms with E-state index in [1.807, 2.05) is 25.8 Å². The van der Waals surface area contributed by atoms with Crippen LogP contribution in [0.3, 0.4) is 0 Å². The second-order valence-corrected chi connectivity index (χ2v) is 10.2. The van der Waals surface area contributed by atoms with E-state index in [9.17, 15) is 9.59 Å². The van der Waals surface area contributed by atoms with Gasteiger partial charge in [0.1, 0.15) is 5.15 Å². The molecule has 1 aliphatic heterocycles. The van der Waals surface area contributed by atoms with Gasteiger partial charge in [0.05, 0.1) is 17.8 Å². The minimum absolute atomic E-state index is 0.0998. The van der Waals surface area contributed by atoms with Crippen molar-refractivity contribution in [2.24, 2.45) is 0 Å². The fourth-order valence-electron chi connectivity index (χ4n) is 4.68. The molecule has 186 valence electrons. The van der Waals surface area contributed by atoms with Crippen molar-refractivity contribution < 1.29 is 9.59 Å². The summed E-state index contributed by atoms with van der Waals surface area (Å²) in [5.41, 5.74) is 3.29. The second kappa shape index (κ2) is 12.6. The number of likely N-dealkylation sites (N-methyl/N-ethyl adjacent to an activating group) is 1. The van der Waals surface area contributed by atoms with Crippen LogP contribution in [0.15, 0.2) is 22.9 Å². The SMILES string of the molecule is CNCC(=O)N(Cc1ccsc1)C1CCN([C@H](C)CCNC(=O)c2c(C)cc(Cl)nc2C)CC1. The number of likely N-dealkylation sites (tertiary alicyclic amines) is 1. The minimum Gasteiger partial charge on any atom is -0.352 e. The molecule has 0 bridgehead atoms. The van der Waals surface area contributed by atoms with Crippen LogP contribution in [-0.2, 0) is 11.3 Å². The van der Waals surface area contributed by atoms with Gasteiger partial charge in [-0.3, -0.25) is 9.59 Å². The van der Waals surface area contributed by atoms with Crippen molar-refractivity contribution in [3.63, 3.8) is 0 Å². The molecule has 3 rings (SSSR count). The molecule has 2 aromatic heterocycles. The van der Waals surface area contributed by atoms with Gasteiger partial charge in [0.25, 0.3) is 5.91 Å². The van der Waals surface area contributed by atoms with Gasteiger partial charge in [-0.05, 0) is 81.1 Å². The summed E-state index contributed by atoms with van der Waals surface area (Å²) in [5.74, 6) is 0.0578. The number of aromatic nitrogens is 1. The van der Waals surface area contributed by atoms with Gasteiger partial charge in [-0.15, -0.1) is 0 Å². The van der Waals surface area contributed by atoms with Crippen molar-refractivity contribution in [1.29, 1.82) is 0 Å². The molecule has 34 heavy (non-hydrogen) atoms. The quantitative estimate of drug-likeness (QED) is 0.482. The topological polar surface area (TPSA) is 77.6 Å². The predicted molar refractivity (Wildman–Crippen MR) is 139 cm³/mol. The number of hydrogen-bond donors (Lipinski definition) is 2. The van der Waals surface area contributed by atoms with Gasteiger partial charge in [-0.1, -0.05) is 11.6 Å². The van der Waals surface area contributed by atoms with Gasteiger partial charge in [0.2, 0.25) is 5.91 Å². The Morgan fingerprint density at radius 3 is 2.68 bits per heavy atom. The van der Waals surface area contributed by atoms with Crippen LogP contribution in [0.2, 0.25) is 5.15 Å². The Balaban J connectivity index is 1.48. The van der Waals surface area contributed by atoms with Crippen molar-refractivity contribution >= 4 is 34.8 Å². The summed E-state index contributed by atoms with van der Waals surface area (Å²) in [4.78, 5) is 34.2. The second-order valence-electron chi connectivity index (χ2n) is 9.07. The molecule has 7 nitrogen and oxygen atoms in total. The highest BCUT2D eigenvalue weighted by atomic mass is 35.5. The zero-order valence-corrected chi connectivity index (χ0v) is 22.1. The minimum atomic E-state index is -0.0998. The van der Waals surface area contributed by atoms with Crippen molar-refractivity contribution in [2.45, 2.75) is 58.7 Å². The maximum absolute atomic E-state index is 12.8. The van der Waals surface area contributed by atoms with Gasteiger partial charge >= 0.3 is 0 Å². The Morgan fingerprint density at radius 1 is 1.32 bits per heavy atom. The monoisotopic (exact) mass is 505 g/mol. The molecule has 3 heterocycles. The highest BCUT2D eigenvalue weighted by Gasteiger charge is 2.29. The molecule has 1 aliphatic rings. The number of nitrogens with one attached hydrogen (secondary N) is 2. The van der Waals surface area contributed by atoms with Crippen LogP contribution in [-0.4, -0.2) is 71.9 Å². The van der Waals surface area contributed by atoms with E-state index >= 15 is 0 Å².